The highest BCUT2D eigenvalue weighted by molar-refractivity contribution is 8.00. The predicted molar refractivity (Wildman–Crippen MR) is 105 cm³/mol. The maximum Gasteiger partial charge on any atom is 0.252 e. The zero-order valence-electron chi connectivity index (χ0n) is 14.6. The van der Waals surface area contributed by atoms with Crippen molar-refractivity contribution in [3.8, 4) is 11.3 Å². The van der Waals surface area contributed by atoms with Gasteiger partial charge >= 0.3 is 0 Å². The zero-order valence-corrected chi connectivity index (χ0v) is 15.4. The molecule has 2 N–H and O–H groups in total. The zero-order chi connectivity index (χ0) is 19.2. The van der Waals surface area contributed by atoms with Crippen molar-refractivity contribution in [2.24, 2.45) is 0 Å². The molecule has 0 aliphatic rings. The van der Waals surface area contributed by atoms with Crippen LogP contribution in [0.3, 0.4) is 0 Å². The third-order valence-electron chi connectivity index (χ3n) is 3.82. The highest BCUT2D eigenvalue weighted by Gasteiger charge is 2.20. The number of hydrogen-bond acceptors (Lipinski definition) is 4. The van der Waals surface area contributed by atoms with Crippen molar-refractivity contribution in [2.75, 3.05) is 5.32 Å². The quantitative estimate of drug-likeness (QED) is 0.497. The minimum absolute atomic E-state index is 0.234. The molecule has 138 valence electrons. The van der Waals surface area contributed by atoms with Crippen LogP contribution >= 0.6 is 11.8 Å². The SMILES string of the molecule is CCC(Sc1nc(-c2ccccc2)cc(=O)[nH]1)C(=O)Nc1ccc(F)cc1. The van der Waals surface area contributed by atoms with E-state index in [1.807, 2.05) is 37.3 Å². The molecule has 7 heteroatoms. The highest BCUT2D eigenvalue weighted by atomic mass is 32.2. The topological polar surface area (TPSA) is 74.8 Å². The van der Waals surface area contributed by atoms with E-state index < -0.39 is 5.25 Å². The van der Waals surface area contributed by atoms with Crippen LogP contribution < -0.4 is 10.9 Å². The van der Waals surface area contributed by atoms with Crippen LogP contribution in [0.15, 0.2) is 70.6 Å². The van der Waals surface area contributed by atoms with E-state index in [-0.39, 0.29) is 17.3 Å². The van der Waals surface area contributed by atoms with Crippen LogP contribution in [0.1, 0.15) is 13.3 Å². The molecule has 0 bridgehead atoms. The molecule has 0 radical (unpaired) electrons. The number of hydrogen-bond donors (Lipinski definition) is 2. The molecule has 0 aliphatic heterocycles. The lowest BCUT2D eigenvalue weighted by Gasteiger charge is -2.14. The number of H-pyrrole nitrogens is 1. The molecule has 0 saturated heterocycles. The lowest BCUT2D eigenvalue weighted by Crippen LogP contribution is -2.25. The van der Waals surface area contributed by atoms with Crippen molar-refractivity contribution in [3.63, 3.8) is 0 Å². The van der Waals surface area contributed by atoms with Gasteiger partial charge in [-0.25, -0.2) is 9.37 Å². The van der Waals surface area contributed by atoms with Gasteiger partial charge in [0, 0.05) is 17.3 Å². The van der Waals surface area contributed by atoms with Gasteiger partial charge in [-0.2, -0.15) is 0 Å². The average Bonchev–Trinajstić information content (AvgIpc) is 2.68. The summed E-state index contributed by atoms with van der Waals surface area (Å²) in [6, 6.07) is 16.4. The van der Waals surface area contributed by atoms with Gasteiger partial charge in [-0.05, 0) is 30.7 Å². The highest BCUT2D eigenvalue weighted by Crippen LogP contribution is 2.25. The maximum absolute atomic E-state index is 13.0. The molecule has 1 atom stereocenters. The molecule has 1 amide bonds. The molecule has 0 saturated carbocycles. The Balaban J connectivity index is 1.77. The Morgan fingerprint density at radius 1 is 1.19 bits per heavy atom. The van der Waals surface area contributed by atoms with Crippen molar-refractivity contribution >= 4 is 23.4 Å². The molecule has 0 spiro atoms. The fraction of sp³-hybridized carbons (Fsp3) is 0.150. The number of thioether (sulfide) groups is 1. The van der Waals surface area contributed by atoms with E-state index in [0.717, 1.165) is 5.56 Å². The van der Waals surface area contributed by atoms with Gasteiger partial charge in [0.15, 0.2) is 5.16 Å². The van der Waals surface area contributed by atoms with E-state index in [1.54, 1.807) is 0 Å². The largest absolute Gasteiger partial charge is 0.325 e. The van der Waals surface area contributed by atoms with E-state index in [0.29, 0.717) is 23.0 Å². The van der Waals surface area contributed by atoms with Gasteiger partial charge in [-0.15, -0.1) is 0 Å². The molecular formula is C20H18FN3O2S. The fourth-order valence-electron chi connectivity index (χ4n) is 2.46. The van der Waals surface area contributed by atoms with Crippen LogP contribution in [0.2, 0.25) is 0 Å². The summed E-state index contributed by atoms with van der Waals surface area (Å²) in [4.78, 5) is 31.7. The lowest BCUT2D eigenvalue weighted by atomic mass is 10.1. The van der Waals surface area contributed by atoms with Crippen LogP contribution in [0.4, 0.5) is 10.1 Å². The van der Waals surface area contributed by atoms with E-state index in [9.17, 15) is 14.0 Å². The van der Waals surface area contributed by atoms with Gasteiger partial charge in [0.05, 0.1) is 10.9 Å². The molecule has 1 unspecified atom stereocenters. The molecule has 1 aromatic heterocycles. The first-order valence-corrected chi connectivity index (χ1v) is 9.33. The standard InChI is InChI=1S/C20H18FN3O2S/c1-2-17(19(26)22-15-10-8-14(21)9-11-15)27-20-23-16(12-18(25)24-20)13-6-4-3-5-7-13/h3-12,17H,2H2,1H3,(H,22,26)(H,23,24,25). The van der Waals surface area contributed by atoms with E-state index in [4.69, 9.17) is 0 Å². The Labute approximate surface area is 160 Å². The fourth-order valence-corrected chi connectivity index (χ4v) is 3.37. The molecule has 0 aliphatic carbocycles. The summed E-state index contributed by atoms with van der Waals surface area (Å²) >= 11 is 1.19. The Morgan fingerprint density at radius 3 is 2.56 bits per heavy atom. The van der Waals surface area contributed by atoms with Crippen LogP contribution in [0, 0.1) is 5.82 Å². The van der Waals surface area contributed by atoms with Gasteiger partial charge in [0.25, 0.3) is 5.56 Å². The molecule has 3 rings (SSSR count). The van der Waals surface area contributed by atoms with Crippen LogP contribution in [-0.2, 0) is 4.79 Å². The third-order valence-corrected chi connectivity index (χ3v) is 5.07. The number of aromatic nitrogens is 2. The molecule has 5 nitrogen and oxygen atoms in total. The Kier molecular flexibility index (Phi) is 6.03. The molecule has 0 fully saturated rings. The minimum Gasteiger partial charge on any atom is -0.325 e. The van der Waals surface area contributed by atoms with Crippen LogP contribution in [0.25, 0.3) is 11.3 Å². The summed E-state index contributed by atoms with van der Waals surface area (Å²) in [5, 5.41) is 2.68. The molecule has 2 aromatic carbocycles. The summed E-state index contributed by atoms with van der Waals surface area (Å²) in [7, 11) is 0. The maximum atomic E-state index is 13.0. The molecule has 1 heterocycles. The second-order valence-electron chi connectivity index (χ2n) is 5.81. The molecular weight excluding hydrogens is 365 g/mol. The smallest absolute Gasteiger partial charge is 0.252 e. The van der Waals surface area contributed by atoms with Gasteiger partial charge in [-0.1, -0.05) is 49.0 Å². The first kappa shape index (κ1) is 18.8. The third kappa shape index (κ3) is 5.04. The number of carbonyl (C=O) groups is 1. The summed E-state index contributed by atoms with van der Waals surface area (Å²) < 4.78 is 13.0. The Morgan fingerprint density at radius 2 is 1.89 bits per heavy atom. The average molecular weight is 383 g/mol. The Bertz CT molecular complexity index is 975. The molecule has 27 heavy (non-hydrogen) atoms. The monoisotopic (exact) mass is 383 g/mol. The van der Waals surface area contributed by atoms with Crippen molar-refractivity contribution in [1.82, 2.24) is 9.97 Å². The number of halogens is 1. The Hall–Kier alpha value is -2.93. The lowest BCUT2D eigenvalue weighted by molar-refractivity contribution is -0.115. The second kappa shape index (κ2) is 8.64. The van der Waals surface area contributed by atoms with Crippen molar-refractivity contribution in [3.05, 3.63) is 76.8 Å². The van der Waals surface area contributed by atoms with Crippen molar-refractivity contribution in [1.29, 1.82) is 0 Å². The number of aromatic amines is 1. The van der Waals surface area contributed by atoms with E-state index in [1.165, 1.54) is 42.1 Å². The number of rotatable bonds is 6. The number of benzene rings is 2. The van der Waals surface area contributed by atoms with Crippen molar-refractivity contribution < 1.29 is 9.18 Å². The molecule has 3 aromatic rings. The van der Waals surface area contributed by atoms with Crippen molar-refractivity contribution in [2.45, 2.75) is 23.8 Å². The van der Waals surface area contributed by atoms with Gasteiger partial charge < -0.3 is 10.3 Å². The van der Waals surface area contributed by atoms with Gasteiger partial charge in [-0.3, -0.25) is 9.59 Å². The second-order valence-corrected chi connectivity index (χ2v) is 7.00. The normalized spacial score (nSPS) is 11.8. The summed E-state index contributed by atoms with van der Waals surface area (Å²) in [5.74, 6) is -0.601. The van der Waals surface area contributed by atoms with Gasteiger partial charge in [0.1, 0.15) is 5.82 Å². The number of amides is 1. The number of nitrogens with one attached hydrogen (secondary N) is 2. The van der Waals surface area contributed by atoms with Crippen LogP contribution in [0.5, 0.6) is 0 Å². The number of carbonyl (C=O) groups excluding carboxylic acids is 1. The summed E-state index contributed by atoms with van der Waals surface area (Å²) in [5.41, 5.74) is 1.62. The number of anilines is 1. The van der Waals surface area contributed by atoms with Crippen LogP contribution in [-0.4, -0.2) is 21.1 Å². The first-order chi connectivity index (χ1) is 13.0. The summed E-state index contributed by atoms with van der Waals surface area (Å²) in [6.07, 6.45) is 0.539. The van der Waals surface area contributed by atoms with Gasteiger partial charge in [0.2, 0.25) is 5.91 Å². The minimum atomic E-state index is -0.454. The summed E-state index contributed by atoms with van der Waals surface area (Å²) in [6.45, 7) is 1.88. The predicted octanol–water partition coefficient (Wildman–Crippen LogP) is 4.09. The first-order valence-electron chi connectivity index (χ1n) is 8.45. The van der Waals surface area contributed by atoms with E-state index >= 15 is 0 Å². The van der Waals surface area contributed by atoms with E-state index in [2.05, 4.69) is 15.3 Å². The number of nitrogens with zero attached hydrogens (tertiary/aromatic N) is 1.